The van der Waals surface area contributed by atoms with Gasteiger partial charge < -0.3 is 4.90 Å². The van der Waals surface area contributed by atoms with Gasteiger partial charge in [-0.05, 0) is 37.1 Å². The van der Waals surface area contributed by atoms with Crippen LogP contribution in [0.1, 0.15) is 16.7 Å². The Hall–Kier alpha value is -2.61. The number of thioether (sulfide) groups is 1. The minimum atomic E-state index is 0.0356. The van der Waals surface area contributed by atoms with Crippen molar-refractivity contribution >= 4 is 17.7 Å². The number of carbonyl (C=O) groups is 1. The van der Waals surface area contributed by atoms with Gasteiger partial charge in [0.15, 0.2) is 5.16 Å². The van der Waals surface area contributed by atoms with Crippen molar-refractivity contribution < 1.29 is 4.79 Å². The van der Waals surface area contributed by atoms with Gasteiger partial charge in [-0.15, -0.1) is 10.2 Å². The summed E-state index contributed by atoms with van der Waals surface area (Å²) in [4.78, 5) is 14.1. The summed E-state index contributed by atoms with van der Waals surface area (Å²) in [6.07, 6.45) is 5.36. The second kappa shape index (κ2) is 7.74. The Morgan fingerprint density at radius 1 is 1.27 bits per heavy atom. The van der Waals surface area contributed by atoms with Crippen LogP contribution >= 0.6 is 11.8 Å². The molecule has 0 unspecified atom stereocenters. The summed E-state index contributed by atoms with van der Waals surface area (Å²) in [6, 6.07) is 6.21. The van der Waals surface area contributed by atoms with Crippen LogP contribution in [-0.4, -0.2) is 48.2 Å². The van der Waals surface area contributed by atoms with E-state index in [-0.39, 0.29) is 5.91 Å². The van der Waals surface area contributed by atoms with Crippen molar-refractivity contribution in [3.8, 4) is 5.69 Å². The summed E-state index contributed by atoms with van der Waals surface area (Å²) in [5.74, 6) is 0.341. The van der Waals surface area contributed by atoms with Crippen LogP contribution in [0.5, 0.6) is 0 Å². The predicted octanol–water partition coefficient (Wildman–Crippen LogP) is 2.37. The van der Waals surface area contributed by atoms with Gasteiger partial charge in [-0.3, -0.25) is 14.0 Å². The Balaban J connectivity index is 1.64. The van der Waals surface area contributed by atoms with Crippen molar-refractivity contribution in [3.05, 3.63) is 53.6 Å². The zero-order valence-electron chi connectivity index (χ0n) is 15.4. The standard InChI is InChI=1S/C18H22N6OS/c1-13-5-6-16(7-14(13)2)24-12-19-21-18(24)26-11-17(25)22(3)9-15-8-20-23(4)10-15/h5-8,10,12H,9,11H2,1-4H3. The van der Waals surface area contributed by atoms with E-state index in [1.807, 2.05) is 23.9 Å². The summed E-state index contributed by atoms with van der Waals surface area (Å²) in [5, 5.41) is 13.0. The lowest BCUT2D eigenvalue weighted by Gasteiger charge is -2.16. The van der Waals surface area contributed by atoms with Gasteiger partial charge in [0, 0.05) is 38.1 Å². The molecule has 7 nitrogen and oxygen atoms in total. The number of amides is 1. The molecular weight excluding hydrogens is 348 g/mol. The maximum absolute atomic E-state index is 12.4. The Labute approximate surface area is 157 Å². The van der Waals surface area contributed by atoms with E-state index in [9.17, 15) is 4.79 Å². The minimum absolute atomic E-state index is 0.0356. The molecule has 0 aliphatic carbocycles. The third-order valence-corrected chi connectivity index (χ3v) is 5.14. The van der Waals surface area contributed by atoms with Crippen molar-refractivity contribution in [1.29, 1.82) is 0 Å². The van der Waals surface area contributed by atoms with Gasteiger partial charge in [-0.25, -0.2) is 0 Å². The molecular formula is C18H22N6OS. The lowest BCUT2D eigenvalue weighted by molar-refractivity contribution is -0.127. The van der Waals surface area contributed by atoms with Crippen LogP contribution in [-0.2, 0) is 18.4 Å². The van der Waals surface area contributed by atoms with Gasteiger partial charge in [0.1, 0.15) is 6.33 Å². The number of nitrogens with zero attached hydrogens (tertiary/aromatic N) is 6. The molecule has 3 rings (SSSR count). The van der Waals surface area contributed by atoms with Crippen molar-refractivity contribution in [1.82, 2.24) is 29.4 Å². The molecule has 0 bridgehead atoms. The van der Waals surface area contributed by atoms with Crippen molar-refractivity contribution in [3.63, 3.8) is 0 Å². The van der Waals surface area contributed by atoms with Crippen molar-refractivity contribution in [2.24, 2.45) is 7.05 Å². The van der Waals surface area contributed by atoms with E-state index in [0.717, 1.165) is 11.3 Å². The van der Waals surface area contributed by atoms with E-state index < -0.39 is 0 Å². The SMILES string of the molecule is Cc1ccc(-n2cnnc2SCC(=O)N(C)Cc2cnn(C)c2)cc1C. The highest BCUT2D eigenvalue weighted by atomic mass is 32.2. The van der Waals surface area contributed by atoms with Crippen LogP contribution in [0, 0.1) is 13.8 Å². The zero-order valence-corrected chi connectivity index (χ0v) is 16.2. The molecule has 1 aromatic carbocycles. The molecule has 0 N–H and O–H groups in total. The summed E-state index contributed by atoms with van der Waals surface area (Å²) < 4.78 is 3.64. The molecule has 8 heteroatoms. The highest BCUT2D eigenvalue weighted by molar-refractivity contribution is 7.99. The van der Waals surface area contributed by atoms with Gasteiger partial charge in [0.05, 0.1) is 11.9 Å². The van der Waals surface area contributed by atoms with Crippen LogP contribution in [0.15, 0.2) is 42.1 Å². The van der Waals surface area contributed by atoms with E-state index in [1.165, 1.54) is 22.9 Å². The van der Waals surface area contributed by atoms with Crippen LogP contribution in [0.3, 0.4) is 0 Å². The fourth-order valence-corrected chi connectivity index (χ4v) is 3.40. The van der Waals surface area contributed by atoms with Crippen LogP contribution in [0.25, 0.3) is 5.69 Å². The first-order valence-electron chi connectivity index (χ1n) is 8.26. The fourth-order valence-electron chi connectivity index (χ4n) is 2.53. The first-order chi connectivity index (χ1) is 12.4. The lowest BCUT2D eigenvalue weighted by atomic mass is 10.1. The second-order valence-corrected chi connectivity index (χ2v) is 7.26. The molecule has 3 aromatic rings. The summed E-state index contributed by atoms with van der Waals surface area (Å²) in [5.41, 5.74) is 4.45. The number of hydrogen-bond donors (Lipinski definition) is 0. The summed E-state index contributed by atoms with van der Waals surface area (Å²) in [7, 11) is 3.66. The van der Waals surface area contributed by atoms with Crippen LogP contribution < -0.4 is 0 Å². The molecule has 0 saturated heterocycles. The number of aromatic nitrogens is 5. The van der Waals surface area contributed by atoms with E-state index in [0.29, 0.717) is 17.5 Å². The van der Waals surface area contributed by atoms with E-state index in [4.69, 9.17) is 0 Å². The number of carbonyl (C=O) groups excluding carboxylic acids is 1. The predicted molar refractivity (Wildman–Crippen MR) is 101 cm³/mol. The quantitative estimate of drug-likeness (QED) is 0.623. The van der Waals surface area contributed by atoms with Crippen molar-refractivity contribution in [2.75, 3.05) is 12.8 Å². The molecule has 0 aliphatic rings. The van der Waals surface area contributed by atoms with Gasteiger partial charge in [0.2, 0.25) is 5.91 Å². The zero-order chi connectivity index (χ0) is 18.7. The fraction of sp³-hybridized carbons (Fsp3) is 0.333. The van der Waals surface area contributed by atoms with Gasteiger partial charge >= 0.3 is 0 Å². The Bertz CT molecular complexity index is 916. The molecule has 2 heterocycles. The normalized spacial score (nSPS) is 10.9. The highest BCUT2D eigenvalue weighted by Crippen LogP contribution is 2.21. The molecule has 0 radical (unpaired) electrons. The maximum Gasteiger partial charge on any atom is 0.233 e. The lowest BCUT2D eigenvalue weighted by Crippen LogP contribution is -2.27. The largest absolute Gasteiger partial charge is 0.341 e. The molecule has 2 aromatic heterocycles. The molecule has 1 amide bonds. The third-order valence-electron chi connectivity index (χ3n) is 4.21. The Morgan fingerprint density at radius 3 is 2.77 bits per heavy atom. The Morgan fingerprint density at radius 2 is 2.08 bits per heavy atom. The molecule has 0 atom stereocenters. The Kier molecular flexibility index (Phi) is 5.41. The molecule has 136 valence electrons. The average molecular weight is 370 g/mol. The topological polar surface area (TPSA) is 68.8 Å². The second-order valence-electron chi connectivity index (χ2n) is 6.31. The van der Waals surface area contributed by atoms with Crippen LogP contribution in [0.4, 0.5) is 0 Å². The highest BCUT2D eigenvalue weighted by Gasteiger charge is 2.14. The summed E-state index contributed by atoms with van der Waals surface area (Å²) >= 11 is 1.39. The number of rotatable bonds is 6. The molecule has 26 heavy (non-hydrogen) atoms. The van der Waals surface area contributed by atoms with Crippen molar-refractivity contribution in [2.45, 2.75) is 25.5 Å². The molecule has 0 aliphatic heterocycles. The maximum atomic E-state index is 12.4. The van der Waals surface area contributed by atoms with E-state index in [1.54, 1.807) is 29.2 Å². The molecule has 0 spiro atoms. The number of aryl methyl sites for hydroxylation is 3. The van der Waals surface area contributed by atoms with E-state index in [2.05, 4.69) is 41.3 Å². The summed E-state index contributed by atoms with van der Waals surface area (Å²) in [6.45, 7) is 4.70. The average Bonchev–Trinajstić information content (AvgIpc) is 3.24. The van der Waals surface area contributed by atoms with Gasteiger partial charge in [-0.1, -0.05) is 17.8 Å². The van der Waals surface area contributed by atoms with Gasteiger partial charge in [-0.2, -0.15) is 5.10 Å². The number of hydrogen-bond acceptors (Lipinski definition) is 5. The van der Waals surface area contributed by atoms with E-state index >= 15 is 0 Å². The van der Waals surface area contributed by atoms with Gasteiger partial charge in [0.25, 0.3) is 0 Å². The first-order valence-corrected chi connectivity index (χ1v) is 9.24. The van der Waals surface area contributed by atoms with Crippen LogP contribution in [0.2, 0.25) is 0 Å². The first kappa shape index (κ1) is 18.2. The third kappa shape index (κ3) is 4.13. The number of benzene rings is 1. The smallest absolute Gasteiger partial charge is 0.233 e. The molecule has 0 fully saturated rings. The molecule has 0 saturated carbocycles. The monoisotopic (exact) mass is 370 g/mol. The minimum Gasteiger partial charge on any atom is -0.341 e.